The molecule has 1 atom stereocenters. The summed E-state index contributed by atoms with van der Waals surface area (Å²) in [5.41, 5.74) is 0.00859. The Hall–Kier alpha value is -0.590. The molecule has 1 rings (SSSR count). The SMILES string of the molecule is CCC(C#N)N1CCOCC1(C)C. The standard InChI is InChI=1S/C10H18N2O/c1-4-9(7-11)12-5-6-13-8-10(12,2)3/h9H,4-6,8H2,1-3H3. The van der Waals surface area contributed by atoms with Crippen LogP contribution in [-0.2, 0) is 4.74 Å². The fourth-order valence-electron chi connectivity index (χ4n) is 1.83. The molecule has 0 aromatic carbocycles. The molecule has 0 radical (unpaired) electrons. The molecule has 1 aliphatic rings. The van der Waals surface area contributed by atoms with Gasteiger partial charge in [0.25, 0.3) is 0 Å². The fourth-order valence-corrected chi connectivity index (χ4v) is 1.83. The van der Waals surface area contributed by atoms with Gasteiger partial charge in [0.1, 0.15) is 0 Å². The van der Waals surface area contributed by atoms with Crippen LogP contribution in [0.25, 0.3) is 0 Å². The van der Waals surface area contributed by atoms with Crippen molar-refractivity contribution < 1.29 is 4.74 Å². The molecule has 0 spiro atoms. The Kier molecular flexibility index (Phi) is 3.29. The van der Waals surface area contributed by atoms with Crippen LogP contribution in [0.4, 0.5) is 0 Å². The van der Waals surface area contributed by atoms with E-state index in [2.05, 4.69) is 31.7 Å². The lowest BCUT2D eigenvalue weighted by Gasteiger charge is -2.44. The normalized spacial score (nSPS) is 25.1. The highest BCUT2D eigenvalue weighted by Gasteiger charge is 2.34. The van der Waals surface area contributed by atoms with E-state index in [-0.39, 0.29) is 11.6 Å². The third-order valence-electron chi connectivity index (χ3n) is 2.62. The van der Waals surface area contributed by atoms with Crippen LogP contribution >= 0.6 is 0 Å². The Labute approximate surface area is 80.3 Å². The van der Waals surface area contributed by atoms with E-state index >= 15 is 0 Å². The van der Waals surface area contributed by atoms with E-state index in [1.807, 2.05) is 0 Å². The molecule has 0 saturated carbocycles. The van der Waals surface area contributed by atoms with Crippen LogP contribution in [0.5, 0.6) is 0 Å². The van der Waals surface area contributed by atoms with Crippen molar-refractivity contribution in [1.82, 2.24) is 4.90 Å². The number of hydrogen-bond donors (Lipinski definition) is 0. The zero-order chi connectivity index (χ0) is 9.90. The van der Waals surface area contributed by atoms with Crippen molar-refractivity contribution in [2.24, 2.45) is 0 Å². The molecule has 1 aliphatic heterocycles. The van der Waals surface area contributed by atoms with Crippen molar-refractivity contribution in [3.8, 4) is 6.07 Å². The maximum atomic E-state index is 8.98. The highest BCUT2D eigenvalue weighted by Crippen LogP contribution is 2.22. The molecular formula is C10H18N2O. The molecule has 0 aliphatic carbocycles. The predicted molar refractivity (Wildman–Crippen MR) is 51.3 cm³/mol. The number of rotatable bonds is 2. The molecule has 3 heteroatoms. The molecule has 0 aromatic heterocycles. The summed E-state index contributed by atoms with van der Waals surface area (Å²) < 4.78 is 5.40. The van der Waals surface area contributed by atoms with Gasteiger partial charge >= 0.3 is 0 Å². The topological polar surface area (TPSA) is 36.3 Å². The first-order chi connectivity index (χ1) is 6.11. The van der Waals surface area contributed by atoms with Crippen molar-refractivity contribution in [2.75, 3.05) is 19.8 Å². The number of hydrogen-bond acceptors (Lipinski definition) is 3. The van der Waals surface area contributed by atoms with Crippen molar-refractivity contribution >= 4 is 0 Å². The molecule has 0 bridgehead atoms. The maximum Gasteiger partial charge on any atom is 0.0981 e. The van der Waals surface area contributed by atoms with Gasteiger partial charge in [-0.1, -0.05) is 6.92 Å². The fraction of sp³-hybridized carbons (Fsp3) is 0.900. The van der Waals surface area contributed by atoms with E-state index in [9.17, 15) is 0 Å². The van der Waals surface area contributed by atoms with E-state index in [0.717, 1.165) is 26.2 Å². The summed E-state index contributed by atoms with van der Waals surface area (Å²) in [4.78, 5) is 2.25. The average molecular weight is 182 g/mol. The van der Waals surface area contributed by atoms with Gasteiger partial charge in [0.05, 0.1) is 25.3 Å². The summed E-state index contributed by atoms with van der Waals surface area (Å²) in [5, 5.41) is 8.98. The largest absolute Gasteiger partial charge is 0.378 e. The molecule has 13 heavy (non-hydrogen) atoms. The Balaban J connectivity index is 2.70. The Morgan fingerprint density at radius 3 is 2.77 bits per heavy atom. The van der Waals surface area contributed by atoms with Crippen LogP contribution in [0.15, 0.2) is 0 Å². The molecule has 74 valence electrons. The van der Waals surface area contributed by atoms with E-state index in [1.54, 1.807) is 0 Å². The average Bonchev–Trinajstić information content (AvgIpc) is 2.09. The van der Waals surface area contributed by atoms with E-state index in [1.165, 1.54) is 0 Å². The molecule has 1 saturated heterocycles. The van der Waals surface area contributed by atoms with Gasteiger partial charge in [-0.05, 0) is 20.3 Å². The third kappa shape index (κ3) is 2.20. The highest BCUT2D eigenvalue weighted by atomic mass is 16.5. The molecule has 0 aromatic rings. The lowest BCUT2D eigenvalue weighted by Crippen LogP contribution is -2.56. The summed E-state index contributed by atoms with van der Waals surface area (Å²) in [6.45, 7) is 8.67. The first-order valence-corrected chi connectivity index (χ1v) is 4.86. The minimum atomic E-state index is 0.00859. The second-order valence-electron chi connectivity index (χ2n) is 4.11. The number of morpholine rings is 1. The predicted octanol–water partition coefficient (Wildman–Crippen LogP) is 1.40. The van der Waals surface area contributed by atoms with E-state index in [4.69, 9.17) is 10.00 Å². The minimum absolute atomic E-state index is 0.00859. The molecule has 1 fully saturated rings. The zero-order valence-electron chi connectivity index (χ0n) is 8.71. The number of nitrogens with zero attached hydrogens (tertiary/aromatic N) is 2. The molecule has 3 nitrogen and oxygen atoms in total. The van der Waals surface area contributed by atoms with Crippen LogP contribution in [0.2, 0.25) is 0 Å². The van der Waals surface area contributed by atoms with Gasteiger partial charge in [-0.2, -0.15) is 5.26 Å². The number of nitriles is 1. The van der Waals surface area contributed by atoms with E-state index < -0.39 is 0 Å². The van der Waals surface area contributed by atoms with Crippen molar-refractivity contribution in [3.05, 3.63) is 0 Å². The van der Waals surface area contributed by atoms with Gasteiger partial charge < -0.3 is 4.74 Å². The summed E-state index contributed by atoms with van der Waals surface area (Å²) in [7, 11) is 0. The van der Waals surface area contributed by atoms with Gasteiger partial charge in [0.2, 0.25) is 0 Å². The second kappa shape index (κ2) is 4.08. The molecule has 1 heterocycles. The van der Waals surface area contributed by atoms with Crippen LogP contribution in [0.1, 0.15) is 27.2 Å². The van der Waals surface area contributed by atoms with Crippen LogP contribution in [0, 0.1) is 11.3 Å². The molecular weight excluding hydrogens is 164 g/mol. The summed E-state index contributed by atoms with van der Waals surface area (Å²) in [6, 6.07) is 2.39. The van der Waals surface area contributed by atoms with Gasteiger partial charge in [-0.25, -0.2) is 0 Å². The second-order valence-corrected chi connectivity index (χ2v) is 4.11. The zero-order valence-corrected chi connectivity index (χ0v) is 8.71. The first-order valence-electron chi connectivity index (χ1n) is 4.86. The van der Waals surface area contributed by atoms with E-state index in [0.29, 0.717) is 0 Å². The smallest absolute Gasteiger partial charge is 0.0981 e. The van der Waals surface area contributed by atoms with Crippen LogP contribution < -0.4 is 0 Å². The molecule has 0 amide bonds. The Morgan fingerprint density at radius 1 is 1.62 bits per heavy atom. The highest BCUT2D eigenvalue weighted by molar-refractivity contribution is 4.98. The van der Waals surface area contributed by atoms with Gasteiger partial charge in [0, 0.05) is 12.1 Å². The van der Waals surface area contributed by atoms with Gasteiger partial charge in [-0.15, -0.1) is 0 Å². The number of ether oxygens (including phenoxy) is 1. The Bertz CT molecular complexity index is 207. The quantitative estimate of drug-likeness (QED) is 0.647. The summed E-state index contributed by atoms with van der Waals surface area (Å²) >= 11 is 0. The summed E-state index contributed by atoms with van der Waals surface area (Å²) in [6.07, 6.45) is 0.889. The third-order valence-corrected chi connectivity index (χ3v) is 2.62. The maximum absolute atomic E-state index is 8.98. The summed E-state index contributed by atoms with van der Waals surface area (Å²) in [5.74, 6) is 0. The molecule has 1 unspecified atom stereocenters. The monoisotopic (exact) mass is 182 g/mol. The van der Waals surface area contributed by atoms with Crippen molar-refractivity contribution in [1.29, 1.82) is 5.26 Å². The van der Waals surface area contributed by atoms with Crippen LogP contribution in [0.3, 0.4) is 0 Å². The lowest BCUT2D eigenvalue weighted by atomic mass is 9.99. The lowest BCUT2D eigenvalue weighted by molar-refractivity contribution is -0.0626. The minimum Gasteiger partial charge on any atom is -0.378 e. The van der Waals surface area contributed by atoms with Crippen molar-refractivity contribution in [3.63, 3.8) is 0 Å². The van der Waals surface area contributed by atoms with Crippen molar-refractivity contribution in [2.45, 2.75) is 38.8 Å². The Morgan fingerprint density at radius 2 is 2.31 bits per heavy atom. The first kappa shape index (κ1) is 10.5. The van der Waals surface area contributed by atoms with Gasteiger partial charge in [-0.3, -0.25) is 4.90 Å². The molecule has 0 N–H and O–H groups in total. The van der Waals surface area contributed by atoms with Gasteiger partial charge in [0.15, 0.2) is 0 Å². The van der Waals surface area contributed by atoms with Crippen LogP contribution in [-0.4, -0.2) is 36.2 Å².